The first-order valence-corrected chi connectivity index (χ1v) is 6.71. The fourth-order valence-corrected chi connectivity index (χ4v) is 2.66. The van der Waals surface area contributed by atoms with Gasteiger partial charge in [0.2, 0.25) is 0 Å². The summed E-state index contributed by atoms with van der Waals surface area (Å²) in [6, 6.07) is 2.01. The number of nitrogens with one attached hydrogen (secondary N) is 1. The van der Waals surface area contributed by atoms with Crippen molar-refractivity contribution in [2.24, 2.45) is 0 Å². The molecule has 1 fully saturated rings. The SMILES string of the molecule is C=CC[C@H](c1c(F)cc(Cl)cc1F)N1CCNCC1.Cl.Cl. The highest BCUT2D eigenvalue weighted by molar-refractivity contribution is 6.30. The van der Waals surface area contributed by atoms with Crippen molar-refractivity contribution < 1.29 is 8.78 Å². The fourth-order valence-electron chi connectivity index (χ4n) is 2.47. The highest BCUT2D eigenvalue weighted by Crippen LogP contribution is 2.31. The van der Waals surface area contributed by atoms with Crippen LogP contribution in [0.2, 0.25) is 5.02 Å². The number of benzene rings is 1. The van der Waals surface area contributed by atoms with Crippen molar-refractivity contribution >= 4 is 36.4 Å². The van der Waals surface area contributed by atoms with Crippen molar-refractivity contribution in [3.05, 3.63) is 47.0 Å². The molecule has 2 rings (SSSR count). The highest BCUT2D eigenvalue weighted by atomic mass is 35.5. The average Bonchev–Trinajstić information content (AvgIpc) is 2.37. The van der Waals surface area contributed by atoms with Crippen LogP contribution in [0.1, 0.15) is 18.0 Å². The van der Waals surface area contributed by atoms with Crippen LogP contribution in [0.4, 0.5) is 8.78 Å². The zero-order valence-electron chi connectivity index (χ0n) is 11.4. The fraction of sp³-hybridized carbons (Fsp3) is 0.429. The van der Waals surface area contributed by atoms with Crippen LogP contribution in [0.5, 0.6) is 0 Å². The van der Waals surface area contributed by atoms with Gasteiger partial charge in [0.15, 0.2) is 0 Å². The summed E-state index contributed by atoms with van der Waals surface area (Å²) in [7, 11) is 0. The molecule has 0 spiro atoms. The molecule has 0 saturated carbocycles. The second kappa shape index (κ2) is 9.59. The van der Waals surface area contributed by atoms with Crippen LogP contribution in [-0.4, -0.2) is 31.1 Å². The standard InChI is InChI=1S/C14H17ClF2N2.2ClH/c1-2-3-13(19-6-4-18-5-7-19)14-11(16)8-10(15)9-12(14)17;;/h2,8-9,13,18H,1,3-7H2;2*1H/t13-;;/m1../s1. The predicted molar refractivity (Wildman–Crippen MR) is 87.9 cm³/mol. The molecule has 0 unspecified atom stereocenters. The zero-order chi connectivity index (χ0) is 13.8. The number of piperazine rings is 1. The van der Waals surface area contributed by atoms with E-state index in [4.69, 9.17) is 11.6 Å². The number of halogens is 5. The lowest BCUT2D eigenvalue weighted by atomic mass is 10.00. The van der Waals surface area contributed by atoms with Gasteiger partial charge < -0.3 is 5.32 Å². The summed E-state index contributed by atoms with van der Waals surface area (Å²) in [4.78, 5) is 2.08. The Morgan fingerprint density at radius 1 is 1.24 bits per heavy atom. The summed E-state index contributed by atoms with van der Waals surface area (Å²) in [6.07, 6.45) is 2.20. The van der Waals surface area contributed by atoms with Crippen LogP contribution < -0.4 is 5.32 Å². The maximum Gasteiger partial charge on any atom is 0.132 e. The van der Waals surface area contributed by atoms with Gasteiger partial charge in [-0.05, 0) is 18.6 Å². The lowest BCUT2D eigenvalue weighted by molar-refractivity contribution is 0.168. The monoisotopic (exact) mass is 358 g/mol. The van der Waals surface area contributed by atoms with E-state index in [1.54, 1.807) is 6.08 Å². The minimum absolute atomic E-state index is 0. The largest absolute Gasteiger partial charge is 0.314 e. The van der Waals surface area contributed by atoms with E-state index < -0.39 is 11.6 Å². The lowest BCUT2D eigenvalue weighted by Gasteiger charge is -2.35. The normalized spacial score (nSPS) is 16.5. The van der Waals surface area contributed by atoms with E-state index in [0.717, 1.165) is 38.3 Å². The minimum atomic E-state index is -0.588. The molecule has 0 radical (unpaired) electrons. The first-order chi connectivity index (χ1) is 9.13. The van der Waals surface area contributed by atoms with Crippen LogP contribution in [0.25, 0.3) is 0 Å². The molecule has 120 valence electrons. The summed E-state index contributed by atoms with van der Waals surface area (Å²) < 4.78 is 28.1. The Morgan fingerprint density at radius 2 is 1.76 bits per heavy atom. The van der Waals surface area contributed by atoms with Gasteiger partial charge in [0.05, 0.1) is 0 Å². The number of rotatable bonds is 4. The van der Waals surface area contributed by atoms with Crippen molar-refractivity contribution in [2.75, 3.05) is 26.2 Å². The van der Waals surface area contributed by atoms with Gasteiger partial charge in [-0.15, -0.1) is 31.4 Å². The molecular formula is C14H19Cl3F2N2. The maximum atomic E-state index is 14.0. The highest BCUT2D eigenvalue weighted by Gasteiger charge is 2.26. The molecule has 0 amide bonds. The molecule has 1 heterocycles. The minimum Gasteiger partial charge on any atom is -0.314 e. The molecule has 0 bridgehead atoms. The van der Waals surface area contributed by atoms with Crippen molar-refractivity contribution in [2.45, 2.75) is 12.5 Å². The molecular weight excluding hydrogens is 341 g/mol. The molecule has 1 aromatic carbocycles. The van der Waals surface area contributed by atoms with Crippen LogP contribution in [0.3, 0.4) is 0 Å². The molecule has 1 saturated heterocycles. The summed E-state index contributed by atoms with van der Waals surface area (Å²) in [5.41, 5.74) is 0.0891. The van der Waals surface area contributed by atoms with Gasteiger partial charge in [-0.3, -0.25) is 4.90 Å². The van der Waals surface area contributed by atoms with Gasteiger partial charge >= 0.3 is 0 Å². The summed E-state index contributed by atoms with van der Waals surface area (Å²) in [5, 5.41) is 3.31. The van der Waals surface area contributed by atoms with Gasteiger partial charge in [0, 0.05) is 42.8 Å². The van der Waals surface area contributed by atoms with Crippen LogP contribution in [0.15, 0.2) is 24.8 Å². The number of hydrogen-bond acceptors (Lipinski definition) is 2. The van der Waals surface area contributed by atoms with E-state index in [0.29, 0.717) is 6.42 Å². The molecule has 1 aliphatic rings. The molecule has 0 aliphatic carbocycles. The van der Waals surface area contributed by atoms with Crippen molar-refractivity contribution in [3.8, 4) is 0 Å². The molecule has 1 aromatic rings. The molecule has 21 heavy (non-hydrogen) atoms. The van der Waals surface area contributed by atoms with E-state index in [-0.39, 0.29) is 41.4 Å². The van der Waals surface area contributed by atoms with E-state index >= 15 is 0 Å². The van der Waals surface area contributed by atoms with Crippen molar-refractivity contribution in [1.29, 1.82) is 0 Å². The lowest BCUT2D eigenvalue weighted by Crippen LogP contribution is -2.45. The first-order valence-electron chi connectivity index (χ1n) is 6.33. The first kappa shape index (κ1) is 20.6. The van der Waals surface area contributed by atoms with E-state index in [1.807, 2.05) is 0 Å². The Bertz CT molecular complexity index is 443. The molecule has 1 N–H and O–H groups in total. The summed E-state index contributed by atoms with van der Waals surface area (Å²) in [5.74, 6) is -1.18. The third-order valence-corrected chi connectivity index (χ3v) is 3.58. The summed E-state index contributed by atoms with van der Waals surface area (Å²) in [6.45, 7) is 6.86. The number of hydrogen-bond donors (Lipinski definition) is 1. The van der Waals surface area contributed by atoms with Gasteiger partial charge in [-0.1, -0.05) is 17.7 Å². The Morgan fingerprint density at radius 3 is 2.24 bits per heavy atom. The quantitative estimate of drug-likeness (QED) is 0.818. The predicted octanol–water partition coefficient (Wildman–Crippen LogP) is 3.98. The second-order valence-corrected chi connectivity index (χ2v) is 5.05. The molecule has 0 aromatic heterocycles. The third-order valence-electron chi connectivity index (χ3n) is 3.36. The molecule has 1 atom stereocenters. The van der Waals surface area contributed by atoms with E-state index in [1.165, 1.54) is 0 Å². The zero-order valence-corrected chi connectivity index (χ0v) is 13.8. The Labute approximate surface area is 141 Å². The van der Waals surface area contributed by atoms with Gasteiger partial charge in [-0.25, -0.2) is 8.78 Å². The van der Waals surface area contributed by atoms with Crippen LogP contribution in [-0.2, 0) is 0 Å². The van der Waals surface area contributed by atoms with E-state index in [2.05, 4.69) is 16.8 Å². The number of nitrogens with zero attached hydrogens (tertiary/aromatic N) is 1. The molecule has 7 heteroatoms. The second-order valence-electron chi connectivity index (χ2n) is 4.61. The Kier molecular flexibility index (Phi) is 9.41. The van der Waals surface area contributed by atoms with Gasteiger partial charge in [0.1, 0.15) is 11.6 Å². The van der Waals surface area contributed by atoms with E-state index in [9.17, 15) is 8.78 Å². The van der Waals surface area contributed by atoms with Gasteiger partial charge in [-0.2, -0.15) is 0 Å². The molecule has 2 nitrogen and oxygen atoms in total. The maximum absolute atomic E-state index is 14.0. The smallest absolute Gasteiger partial charge is 0.132 e. The third kappa shape index (κ3) is 5.08. The summed E-state index contributed by atoms with van der Waals surface area (Å²) >= 11 is 5.67. The average molecular weight is 360 g/mol. The van der Waals surface area contributed by atoms with Crippen LogP contribution in [0, 0.1) is 11.6 Å². The van der Waals surface area contributed by atoms with Crippen molar-refractivity contribution in [3.63, 3.8) is 0 Å². The topological polar surface area (TPSA) is 15.3 Å². The van der Waals surface area contributed by atoms with Crippen molar-refractivity contribution in [1.82, 2.24) is 10.2 Å². The van der Waals surface area contributed by atoms with Crippen LogP contribution >= 0.6 is 36.4 Å². The Balaban J connectivity index is 0.00000200. The molecule has 1 aliphatic heterocycles. The Hall–Kier alpha value is -0.390. The van der Waals surface area contributed by atoms with Gasteiger partial charge in [0.25, 0.3) is 0 Å².